The van der Waals surface area contributed by atoms with Crippen LogP contribution in [0.2, 0.25) is 0 Å². The second kappa shape index (κ2) is 9.77. The van der Waals surface area contributed by atoms with Gasteiger partial charge in [0.2, 0.25) is 11.8 Å². The van der Waals surface area contributed by atoms with Crippen molar-refractivity contribution in [2.24, 2.45) is 11.7 Å². The number of rotatable bonds is 10. The molecule has 0 spiro atoms. The van der Waals surface area contributed by atoms with E-state index in [9.17, 15) is 14.4 Å². The van der Waals surface area contributed by atoms with E-state index in [1.54, 1.807) is 0 Å². The number of hydrogen-bond donors (Lipinski definition) is 4. The Balaban J connectivity index is 5.21. The summed E-state index contributed by atoms with van der Waals surface area (Å²) in [5, 5.41) is 14.4. The van der Waals surface area contributed by atoms with Crippen LogP contribution in [-0.2, 0) is 14.4 Å². The summed E-state index contributed by atoms with van der Waals surface area (Å²) in [4.78, 5) is 35.7. The van der Waals surface area contributed by atoms with E-state index in [0.29, 0.717) is 6.42 Å². The number of amides is 2. The van der Waals surface area contributed by atoms with E-state index in [1.165, 1.54) is 11.8 Å². The van der Waals surface area contributed by atoms with Crippen molar-refractivity contribution in [3.63, 3.8) is 0 Å². The van der Waals surface area contributed by atoms with Crippen LogP contribution in [0.15, 0.2) is 0 Å². The lowest BCUT2D eigenvalue weighted by Gasteiger charge is -2.34. The van der Waals surface area contributed by atoms with Crippen molar-refractivity contribution in [1.82, 2.24) is 10.6 Å². The molecule has 0 rings (SSSR count). The van der Waals surface area contributed by atoms with Gasteiger partial charge in [-0.05, 0) is 33.4 Å². The van der Waals surface area contributed by atoms with Gasteiger partial charge in [0.25, 0.3) is 0 Å². The van der Waals surface area contributed by atoms with Crippen LogP contribution in [0.3, 0.4) is 0 Å². The van der Waals surface area contributed by atoms with Gasteiger partial charge in [0, 0.05) is 17.3 Å². The molecule has 134 valence electrons. The SMILES string of the molecule is CCC(C)(SC)C(CC(=O)O)C(=O)NC(CN)C(=O)NC(C)C. The topological polar surface area (TPSA) is 122 Å². The van der Waals surface area contributed by atoms with E-state index in [2.05, 4.69) is 10.6 Å². The second-order valence-corrected chi connectivity index (χ2v) is 7.32. The molecule has 0 aliphatic carbocycles. The van der Waals surface area contributed by atoms with Crippen molar-refractivity contribution < 1.29 is 19.5 Å². The van der Waals surface area contributed by atoms with Gasteiger partial charge < -0.3 is 21.5 Å². The maximum Gasteiger partial charge on any atom is 0.304 e. The Bertz CT molecular complexity index is 425. The standard InChI is InChI=1S/C15H29N3O4S/c1-6-15(4,23-5)10(7-12(19)20)13(21)18-11(8-16)14(22)17-9(2)3/h9-11H,6-8,16H2,1-5H3,(H,17,22)(H,18,21)(H,19,20). The highest BCUT2D eigenvalue weighted by atomic mass is 32.2. The van der Waals surface area contributed by atoms with Crippen LogP contribution in [0.1, 0.15) is 40.5 Å². The molecule has 3 atom stereocenters. The summed E-state index contributed by atoms with van der Waals surface area (Å²) in [6.07, 6.45) is 2.18. The van der Waals surface area contributed by atoms with Crippen molar-refractivity contribution in [2.45, 2.75) is 57.4 Å². The van der Waals surface area contributed by atoms with E-state index in [0.717, 1.165) is 0 Å². The van der Waals surface area contributed by atoms with Crippen LogP contribution < -0.4 is 16.4 Å². The molecule has 0 heterocycles. The zero-order valence-corrected chi connectivity index (χ0v) is 15.3. The molecule has 0 aromatic rings. The molecule has 0 aromatic heterocycles. The first-order chi connectivity index (χ1) is 10.6. The number of carboxylic acid groups (broad SMARTS) is 1. The predicted molar refractivity (Wildman–Crippen MR) is 92.2 cm³/mol. The first-order valence-corrected chi connectivity index (χ1v) is 8.91. The Hall–Kier alpha value is -1.28. The molecule has 8 heteroatoms. The van der Waals surface area contributed by atoms with Crippen LogP contribution in [0.5, 0.6) is 0 Å². The maximum atomic E-state index is 12.6. The summed E-state index contributed by atoms with van der Waals surface area (Å²) in [5.74, 6) is -2.62. The van der Waals surface area contributed by atoms with Crippen LogP contribution in [0, 0.1) is 5.92 Å². The average molecular weight is 347 g/mol. The molecule has 0 saturated heterocycles. The molecular weight excluding hydrogens is 318 g/mol. The number of thioether (sulfide) groups is 1. The summed E-state index contributed by atoms with van der Waals surface area (Å²) in [6, 6.07) is -0.945. The van der Waals surface area contributed by atoms with Gasteiger partial charge >= 0.3 is 5.97 Å². The lowest BCUT2D eigenvalue weighted by molar-refractivity contribution is -0.142. The van der Waals surface area contributed by atoms with Gasteiger partial charge in [-0.15, -0.1) is 0 Å². The van der Waals surface area contributed by atoms with Crippen LogP contribution in [0.25, 0.3) is 0 Å². The first-order valence-electron chi connectivity index (χ1n) is 7.69. The second-order valence-electron chi connectivity index (χ2n) is 5.98. The van der Waals surface area contributed by atoms with Crippen molar-refractivity contribution in [1.29, 1.82) is 0 Å². The molecule has 0 aliphatic rings. The minimum Gasteiger partial charge on any atom is -0.481 e. The van der Waals surface area contributed by atoms with Gasteiger partial charge in [-0.3, -0.25) is 14.4 Å². The number of aliphatic carboxylic acids is 1. The summed E-state index contributed by atoms with van der Waals surface area (Å²) >= 11 is 1.45. The molecule has 3 unspecified atom stereocenters. The number of carboxylic acids is 1. The number of carbonyl (C=O) groups excluding carboxylic acids is 2. The van der Waals surface area contributed by atoms with E-state index in [4.69, 9.17) is 10.8 Å². The third kappa shape index (κ3) is 6.78. The van der Waals surface area contributed by atoms with Crippen LogP contribution >= 0.6 is 11.8 Å². The zero-order chi connectivity index (χ0) is 18.2. The molecule has 0 aliphatic heterocycles. The quantitative estimate of drug-likeness (QED) is 0.458. The zero-order valence-electron chi connectivity index (χ0n) is 14.5. The van der Waals surface area contributed by atoms with E-state index in [-0.39, 0.29) is 24.9 Å². The van der Waals surface area contributed by atoms with Crippen LogP contribution in [-0.4, -0.2) is 52.5 Å². The van der Waals surface area contributed by atoms with Gasteiger partial charge in [0.1, 0.15) is 6.04 Å². The molecule has 0 saturated carbocycles. The Kier molecular flexibility index (Phi) is 9.23. The Morgan fingerprint density at radius 2 is 1.78 bits per heavy atom. The fourth-order valence-corrected chi connectivity index (χ4v) is 2.95. The number of nitrogens with one attached hydrogen (secondary N) is 2. The Morgan fingerprint density at radius 3 is 2.13 bits per heavy atom. The summed E-state index contributed by atoms with van der Waals surface area (Å²) in [7, 11) is 0. The summed E-state index contributed by atoms with van der Waals surface area (Å²) < 4.78 is -0.532. The fourth-order valence-electron chi connectivity index (χ4n) is 2.18. The van der Waals surface area contributed by atoms with E-state index < -0.39 is 28.6 Å². The highest BCUT2D eigenvalue weighted by Crippen LogP contribution is 2.36. The predicted octanol–water partition coefficient (Wildman–Crippen LogP) is 0.577. The lowest BCUT2D eigenvalue weighted by Crippen LogP contribution is -2.55. The minimum absolute atomic E-state index is 0.0494. The largest absolute Gasteiger partial charge is 0.481 e. The summed E-state index contributed by atoms with van der Waals surface area (Å²) in [6.45, 7) is 7.33. The molecule has 23 heavy (non-hydrogen) atoms. The summed E-state index contributed by atoms with van der Waals surface area (Å²) in [5.41, 5.74) is 5.58. The number of hydrogen-bond acceptors (Lipinski definition) is 5. The molecule has 2 amide bonds. The van der Waals surface area contributed by atoms with E-state index in [1.807, 2.05) is 34.0 Å². The van der Waals surface area contributed by atoms with Gasteiger partial charge in [-0.2, -0.15) is 11.8 Å². The number of carbonyl (C=O) groups is 3. The normalized spacial score (nSPS) is 16.3. The third-order valence-electron chi connectivity index (χ3n) is 3.90. The fraction of sp³-hybridized carbons (Fsp3) is 0.800. The smallest absolute Gasteiger partial charge is 0.304 e. The van der Waals surface area contributed by atoms with Crippen molar-refractivity contribution in [3.05, 3.63) is 0 Å². The van der Waals surface area contributed by atoms with Gasteiger partial charge in [-0.25, -0.2) is 0 Å². The van der Waals surface area contributed by atoms with Crippen molar-refractivity contribution >= 4 is 29.5 Å². The third-order valence-corrected chi connectivity index (χ3v) is 5.41. The Labute approximate surface area is 142 Å². The van der Waals surface area contributed by atoms with Gasteiger partial charge in [0.15, 0.2) is 0 Å². The molecule has 0 bridgehead atoms. The van der Waals surface area contributed by atoms with Crippen molar-refractivity contribution in [3.8, 4) is 0 Å². The van der Waals surface area contributed by atoms with Crippen LogP contribution in [0.4, 0.5) is 0 Å². The molecule has 0 radical (unpaired) electrons. The monoisotopic (exact) mass is 347 g/mol. The molecular formula is C15H29N3O4S. The molecule has 0 fully saturated rings. The van der Waals surface area contributed by atoms with E-state index >= 15 is 0 Å². The average Bonchev–Trinajstić information content (AvgIpc) is 2.48. The van der Waals surface area contributed by atoms with Gasteiger partial charge in [-0.1, -0.05) is 6.92 Å². The highest BCUT2D eigenvalue weighted by molar-refractivity contribution is 8.00. The minimum atomic E-state index is -1.05. The number of nitrogens with two attached hydrogens (primary N) is 1. The maximum absolute atomic E-state index is 12.6. The first kappa shape index (κ1) is 21.7. The van der Waals surface area contributed by atoms with Gasteiger partial charge in [0.05, 0.1) is 12.3 Å². The molecule has 5 N–H and O–H groups in total. The molecule has 7 nitrogen and oxygen atoms in total. The lowest BCUT2D eigenvalue weighted by atomic mass is 9.86. The molecule has 0 aromatic carbocycles. The van der Waals surface area contributed by atoms with Crippen molar-refractivity contribution in [2.75, 3.05) is 12.8 Å². The highest BCUT2D eigenvalue weighted by Gasteiger charge is 2.39. The Morgan fingerprint density at radius 1 is 1.22 bits per heavy atom.